The van der Waals surface area contributed by atoms with Crippen LogP contribution in [0.25, 0.3) is 0 Å². The first-order valence-corrected chi connectivity index (χ1v) is 6.31. The van der Waals surface area contributed by atoms with E-state index in [1.165, 1.54) is 0 Å². The van der Waals surface area contributed by atoms with Gasteiger partial charge in [0.1, 0.15) is 0 Å². The van der Waals surface area contributed by atoms with Crippen molar-refractivity contribution in [2.45, 2.75) is 39.8 Å². The highest BCUT2D eigenvalue weighted by atomic mass is 15.2. The number of nitrogens with one attached hydrogen (secondary N) is 1. The van der Waals surface area contributed by atoms with Crippen LogP contribution in [0.2, 0.25) is 0 Å². The van der Waals surface area contributed by atoms with Crippen LogP contribution in [0, 0.1) is 6.92 Å². The second-order valence-corrected chi connectivity index (χ2v) is 4.84. The van der Waals surface area contributed by atoms with Gasteiger partial charge in [0.25, 0.3) is 0 Å². The maximum atomic E-state index is 4.52. The summed E-state index contributed by atoms with van der Waals surface area (Å²) in [4.78, 5) is 8.93. The van der Waals surface area contributed by atoms with Gasteiger partial charge in [-0.3, -0.25) is 4.98 Å². The normalized spacial score (nSPS) is 12.7. The van der Waals surface area contributed by atoms with E-state index in [9.17, 15) is 0 Å². The van der Waals surface area contributed by atoms with Crippen molar-refractivity contribution in [1.29, 1.82) is 0 Å². The molecule has 2 aromatic heterocycles. The minimum atomic E-state index is 0.175. The molecule has 0 saturated heterocycles. The van der Waals surface area contributed by atoms with Crippen LogP contribution in [0.15, 0.2) is 30.6 Å². The number of hydrogen-bond donors (Lipinski definition) is 1. The smallest absolute Gasteiger partial charge is 0.203 e. The van der Waals surface area contributed by atoms with E-state index in [1.807, 2.05) is 31.3 Å². The predicted octanol–water partition coefficient (Wildman–Crippen LogP) is 3.02. The van der Waals surface area contributed by atoms with Crippen molar-refractivity contribution in [2.75, 3.05) is 5.32 Å². The Morgan fingerprint density at radius 2 is 2.00 bits per heavy atom. The average molecular weight is 244 g/mol. The van der Waals surface area contributed by atoms with Gasteiger partial charge in [-0.1, -0.05) is 6.07 Å². The topological polar surface area (TPSA) is 42.7 Å². The molecule has 0 aliphatic heterocycles. The van der Waals surface area contributed by atoms with Crippen LogP contribution in [0.1, 0.15) is 38.2 Å². The number of aryl methyl sites for hydroxylation is 1. The summed E-state index contributed by atoms with van der Waals surface area (Å²) in [6.45, 7) is 8.36. The number of aromatic nitrogens is 3. The lowest BCUT2D eigenvalue weighted by Gasteiger charge is -2.17. The molecule has 0 bridgehead atoms. The Kier molecular flexibility index (Phi) is 3.65. The molecule has 96 valence electrons. The molecule has 4 nitrogen and oxygen atoms in total. The van der Waals surface area contributed by atoms with Crippen LogP contribution < -0.4 is 5.32 Å². The summed E-state index contributed by atoms with van der Waals surface area (Å²) < 4.78 is 2.14. The lowest BCUT2D eigenvalue weighted by Crippen LogP contribution is -2.17. The minimum Gasteiger partial charge on any atom is -0.353 e. The first-order valence-electron chi connectivity index (χ1n) is 6.31. The average Bonchev–Trinajstić information content (AvgIpc) is 2.69. The number of pyridine rings is 1. The molecular weight excluding hydrogens is 224 g/mol. The van der Waals surface area contributed by atoms with Crippen molar-refractivity contribution in [1.82, 2.24) is 14.5 Å². The lowest BCUT2D eigenvalue weighted by molar-refractivity contribution is 0.620. The van der Waals surface area contributed by atoms with Crippen molar-refractivity contribution in [3.63, 3.8) is 0 Å². The van der Waals surface area contributed by atoms with E-state index in [0.29, 0.717) is 6.04 Å². The third-order valence-electron chi connectivity index (χ3n) is 2.80. The minimum absolute atomic E-state index is 0.175. The van der Waals surface area contributed by atoms with Gasteiger partial charge in [-0.15, -0.1) is 0 Å². The first-order chi connectivity index (χ1) is 8.58. The van der Waals surface area contributed by atoms with E-state index < -0.39 is 0 Å². The largest absolute Gasteiger partial charge is 0.353 e. The number of rotatable bonds is 4. The second-order valence-electron chi connectivity index (χ2n) is 4.84. The predicted molar refractivity (Wildman–Crippen MR) is 73.8 cm³/mol. The molecule has 0 saturated carbocycles. The Morgan fingerprint density at radius 1 is 1.22 bits per heavy atom. The van der Waals surface area contributed by atoms with Crippen LogP contribution in [-0.4, -0.2) is 20.6 Å². The molecule has 2 heterocycles. The third kappa shape index (κ3) is 2.70. The van der Waals surface area contributed by atoms with E-state index in [2.05, 4.69) is 46.8 Å². The summed E-state index contributed by atoms with van der Waals surface area (Å²) in [6.07, 6.45) is 3.88. The molecule has 0 aromatic carbocycles. The molecule has 1 unspecified atom stereocenters. The summed E-state index contributed by atoms with van der Waals surface area (Å²) in [7, 11) is 0. The van der Waals surface area contributed by atoms with Gasteiger partial charge in [0.05, 0.1) is 17.4 Å². The van der Waals surface area contributed by atoms with E-state index in [0.717, 1.165) is 17.3 Å². The summed E-state index contributed by atoms with van der Waals surface area (Å²) >= 11 is 0. The van der Waals surface area contributed by atoms with E-state index in [-0.39, 0.29) is 6.04 Å². The lowest BCUT2D eigenvalue weighted by atomic mass is 10.2. The zero-order valence-electron chi connectivity index (χ0n) is 11.4. The number of hydrogen-bond acceptors (Lipinski definition) is 3. The Labute approximate surface area is 108 Å². The Hall–Kier alpha value is -1.84. The zero-order valence-corrected chi connectivity index (χ0v) is 11.4. The van der Waals surface area contributed by atoms with Gasteiger partial charge >= 0.3 is 0 Å². The van der Waals surface area contributed by atoms with Gasteiger partial charge in [0.2, 0.25) is 5.95 Å². The van der Waals surface area contributed by atoms with E-state index in [1.54, 1.807) is 0 Å². The molecule has 0 fully saturated rings. The molecule has 2 rings (SSSR count). The van der Waals surface area contributed by atoms with Crippen molar-refractivity contribution >= 4 is 5.95 Å². The number of nitrogens with zero attached hydrogens (tertiary/aromatic N) is 3. The third-order valence-corrected chi connectivity index (χ3v) is 2.80. The Bertz CT molecular complexity index is 502. The highest BCUT2D eigenvalue weighted by molar-refractivity contribution is 5.32. The summed E-state index contributed by atoms with van der Waals surface area (Å²) in [5.41, 5.74) is 2.06. The van der Waals surface area contributed by atoms with Crippen LogP contribution in [-0.2, 0) is 0 Å². The molecule has 0 radical (unpaired) electrons. The summed E-state index contributed by atoms with van der Waals surface area (Å²) in [5.74, 6) is 0.903. The molecule has 0 aliphatic rings. The fourth-order valence-electron chi connectivity index (χ4n) is 1.94. The molecule has 2 aromatic rings. The van der Waals surface area contributed by atoms with Crippen LogP contribution in [0.4, 0.5) is 5.95 Å². The van der Waals surface area contributed by atoms with E-state index in [4.69, 9.17) is 0 Å². The van der Waals surface area contributed by atoms with Gasteiger partial charge in [-0.25, -0.2) is 4.98 Å². The molecule has 0 aliphatic carbocycles. The summed E-state index contributed by atoms with van der Waals surface area (Å²) in [6, 6.07) is 6.52. The van der Waals surface area contributed by atoms with Crippen molar-refractivity contribution in [3.8, 4) is 0 Å². The Morgan fingerprint density at radius 3 is 2.61 bits per heavy atom. The first kappa shape index (κ1) is 12.6. The van der Waals surface area contributed by atoms with Crippen molar-refractivity contribution in [2.24, 2.45) is 0 Å². The SMILES string of the molecule is Cc1cn(C(C)c2ccccn2)c(NC(C)C)n1. The van der Waals surface area contributed by atoms with Crippen molar-refractivity contribution < 1.29 is 0 Å². The number of imidazole rings is 1. The number of anilines is 1. The molecular formula is C14H20N4. The van der Waals surface area contributed by atoms with Gasteiger partial charge < -0.3 is 9.88 Å². The standard InChI is InChI=1S/C14H20N4/c1-10(2)16-14-17-11(3)9-18(14)12(4)13-7-5-6-8-15-13/h5-10,12H,1-4H3,(H,16,17). The quantitative estimate of drug-likeness (QED) is 0.899. The molecule has 1 N–H and O–H groups in total. The van der Waals surface area contributed by atoms with Crippen LogP contribution >= 0.6 is 0 Å². The van der Waals surface area contributed by atoms with Crippen LogP contribution in [0.3, 0.4) is 0 Å². The molecule has 0 spiro atoms. The van der Waals surface area contributed by atoms with E-state index >= 15 is 0 Å². The summed E-state index contributed by atoms with van der Waals surface area (Å²) in [5, 5.41) is 3.37. The second kappa shape index (κ2) is 5.21. The van der Waals surface area contributed by atoms with Gasteiger partial charge in [-0.05, 0) is 39.8 Å². The van der Waals surface area contributed by atoms with Gasteiger partial charge in [-0.2, -0.15) is 0 Å². The highest BCUT2D eigenvalue weighted by Gasteiger charge is 2.14. The maximum Gasteiger partial charge on any atom is 0.203 e. The molecule has 1 atom stereocenters. The fourth-order valence-corrected chi connectivity index (χ4v) is 1.94. The molecule has 0 amide bonds. The van der Waals surface area contributed by atoms with Crippen molar-refractivity contribution in [3.05, 3.63) is 42.0 Å². The molecule has 4 heteroatoms. The van der Waals surface area contributed by atoms with Crippen LogP contribution in [0.5, 0.6) is 0 Å². The zero-order chi connectivity index (χ0) is 13.1. The Balaban J connectivity index is 2.32. The fraction of sp³-hybridized carbons (Fsp3) is 0.429. The monoisotopic (exact) mass is 244 g/mol. The van der Waals surface area contributed by atoms with Gasteiger partial charge in [0, 0.05) is 18.4 Å². The van der Waals surface area contributed by atoms with Gasteiger partial charge in [0.15, 0.2) is 0 Å². The molecule has 18 heavy (non-hydrogen) atoms. The maximum absolute atomic E-state index is 4.52. The highest BCUT2D eigenvalue weighted by Crippen LogP contribution is 2.21.